The van der Waals surface area contributed by atoms with E-state index in [1.165, 1.54) is 10.5 Å². The molecule has 0 saturated heterocycles. The maximum atomic E-state index is 12.2. The van der Waals surface area contributed by atoms with Crippen LogP contribution in [0.2, 0.25) is 5.02 Å². The standard InChI is InChI=1S/C18H18ClNO2S/c1-12-10-13(6-7-15(12)19)22-11-18(21)20-16-8-9-23-17-5-3-2-4-14(16)17/h2-7,10,16H,8-9,11H2,1H3,(H,20,21). The molecular formula is C18H18ClNO2S. The first-order chi connectivity index (χ1) is 11.1. The van der Waals surface area contributed by atoms with Crippen LogP contribution in [0, 0.1) is 6.92 Å². The first-order valence-corrected chi connectivity index (χ1v) is 8.90. The number of fused-ring (bicyclic) bond motifs is 1. The molecule has 0 aromatic heterocycles. The lowest BCUT2D eigenvalue weighted by molar-refractivity contribution is -0.123. The highest BCUT2D eigenvalue weighted by Crippen LogP contribution is 2.35. The highest BCUT2D eigenvalue weighted by molar-refractivity contribution is 7.99. The number of carbonyl (C=O) groups excluding carboxylic acids is 1. The molecule has 0 radical (unpaired) electrons. The zero-order valence-corrected chi connectivity index (χ0v) is 14.4. The zero-order chi connectivity index (χ0) is 16.2. The van der Waals surface area contributed by atoms with Crippen LogP contribution in [-0.2, 0) is 4.79 Å². The number of carbonyl (C=O) groups is 1. The molecule has 3 rings (SSSR count). The van der Waals surface area contributed by atoms with Gasteiger partial charge in [0.2, 0.25) is 0 Å². The molecule has 0 fully saturated rings. The molecule has 1 aliphatic rings. The maximum absolute atomic E-state index is 12.2. The second kappa shape index (κ2) is 7.28. The molecule has 1 aliphatic heterocycles. The second-order valence-corrected chi connectivity index (χ2v) is 7.04. The van der Waals surface area contributed by atoms with Crippen molar-refractivity contribution in [3.05, 3.63) is 58.6 Å². The van der Waals surface area contributed by atoms with Gasteiger partial charge in [-0.25, -0.2) is 0 Å². The summed E-state index contributed by atoms with van der Waals surface area (Å²) in [4.78, 5) is 13.4. The minimum absolute atomic E-state index is 0.00683. The van der Waals surface area contributed by atoms with Gasteiger partial charge in [-0.05, 0) is 48.7 Å². The fourth-order valence-corrected chi connectivity index (χ4v) is 3.83. The van der Waals surface area contributed by atoms with Crippen molar-refractivity contribution in [3.8, 4) is 5.75 Å². The number of amides is 1. The first kappa shape index (κ1) is 16.2. The Morgan fingerprint density at radius 1 is 1.35 bits per heavy atom. The molecule has 0 aliphatic carbocycles. The number of hydrogen-bond acceptors (Lipinski definition) is 3. The van der Waals surface area contributed by atoms with Crippen LogP contribution in [0.25, 0.3) is 0 Å². The highest BCUT2D eigenvalue weighted by atomic mass is 35.5. The summed E-state index contributed by atoms with van der Waals surface area (Å²) in [5, 5.41) is 3.76. The highest BCUT2D eigenvalue weighted by Gasteiger charge is 2.21. The molecule has 1 heterocycles. The second-order valence-electron chi connectivity index (χ2n) is 5.49. The lowest BCUT2D eigenvalue weighted by Gasteiger charge is -2.25. The van der Waals surface area contributed by atoms with Crippen LogP contribution in [0.1, 0.15) is 23.6 Å². The number of halogens is 1. The summed E-state index contributed by atoms with van der Waals surface area (Å²) < 4.78 is 5.56. The van der Waals surface area contributed by atoms with E-state index in [0.29, 0.717) is 10.8 Å². The van der Waals surface area contributed by atoms with E-state index in [-0.39, 0.29) is 18.6 Å². The van der Waals surface area contributed by atoms with Crippen LogP contribution >= 0.6 is 23.4 Å². The smallest absolute Gasteiger partial charge is 0.258 e. The van der Waals surface area contributed by atoms with E-state index in [0.717, 1.165) is 17.7 Å². The quantitative estimate of drug-likeness (QED) is 0.891. The Kier molecular flexibility index (Phi) is 5.13. The number of thioether (sulfide) groups is 1. The van der Waals surface area contributed by atoms with E-state index >= 15 is 0 Å². The van der Waals surface area contributed by atoms with Crippen molar-refractivity contribution in [3.63, 3.8) is 0 Å². The van der Waals surface area contributed by atoms with E-state index in [1.807, 2.05) is 36.9 Å². The third-order valence-electron chi connectivity index (χ3n) is 3.79. The van der Waals surface area contributed by atoms with Crippen molar-refractivity contribution in [1.82, 2.24) is 5.32 Å². The van der Waals surface area contributed by atoms with E-state index in [9.17, 15) is 4.79 Å². The molecule has 0 bridgehead atoms. The molecule has 3 nitrogen and oxygen atoms in total. The Morgan fingerprint density at radius 2 is 2.17 bits per heavy atom. The maximum Gasteiger partial charge on any atom is 0.258 e. The van der Waals surface area contributed by atoms with Gasteiger partial charge in [-0.3, -0.25) is 4.79 Å². The van der Waals surface area contributed by atoms with Gasteiger partial charge in [0.15, 0.2) is 6.61 Å². The molecule has 2 aromatic rings. The van der Waals surface area contributed by atoms with Crippen molar-refractivity contribution in [2.45, 2.75) is 24.3 Å². The summed E-state index contributed by atoms with van der Waals surface area (Å²) >= 11 is 7.82. The summed E-state index contributed by atoms with van der Waals surface area (Å²) in [5.74, 6) is 1.56. The zero-order valence-electron chi connectivity index (χ0n) is 12.8. The molecule has 120 valence electrons. The predicted octanol–water partition coefficient (Wildman–Crippen LogP) is 4.38. The predicted molar refractivity (Wildman–Crippen MR) is 94.4 cm³/mol. The first-order valence-electron chi connectivity index (χ1n) is 7.53. The third-order valence-corrected chi connectivity index (χ3v) is 5.34. The fraction of sp³-hybridized carbons (Fsp3) is 0.278. The van der Waals surface area contributed by atoms with Crippen LogP contribution in [0.4, 0.5) is 0 Å². The molecule has 1 amide bonds. The van der Waals surface area contributed by atoms with E-state index in [1.54, 1.807) is 12.1 Å². The minimum Gasteiger partial charge on any atom is -0.484 e. The number of hydrogen-bond donors (Lipinski definition) is 1. The van der Waals surface area contributed by atoms with Crippen LogP contribution in [0.5, 0.6) is 5.75 Å². The van der Waals surface area contributed by atoms with E-state index in [2.05, 4.69) is 17.4 Å². The lowest BCUT2D eigenvalue weighted by atomic mass is 10.0. The molecule has 1 N–H and O–H groups in total. The number of nitrogens with one attached hydrogen (secondary N) is 1. The van der Waals surface area contributed by atoms with Crippen LogP contribution in [0.15, 0.2) is 47.4 Å². The van der Waals surface area contributed by atoms with Crippen molar-refractivity contribution >= 4 is 29.3 Å². The van der Waals surface area contributed by atoms with Crippen LogP contribution in [-0.4, -0.2) is 18.3 Å². The Morgan fingerprint density at radius 3 is 3.00 bits per heavy atom. The summed E-state index contributed by atoms with van der Waals surface area (Å²) in [6.45, 7) is 1.92. The molecule has 0 spiro atoms. The molecule has 1 unspecified atom stereocenters. The molecule has 2 aromatic carbocycles. The van der Waals surface area contributed by atoms with Gasteiger partial charge in [-0.2, -0.15) is 0 Å². The fourth-order valence-electron chi connectivity index (χ4n) is 2.58. The van der Waals surface area contributed by atoms with E-state index in [4.69, 9.17) is 16.3 Å². The summed E-state index contributed by atoms with van der Waals surface area (Å²) in [7, 11) is 0. The van der Waals surface area contributed by atoms with Gasteiger partial charge in [0.05, 0.1) is 6.04 Å². The van der Waals surface area contributed by atoms with E-state index < -0.39 is 0 Å². The van der Waals surface area contributed by atoms with Gasteiger partial charge in [0, 0.05) is 15.7 Å². The number of benzene rings is 2. The molecule has 23 heavy (non-hydrogen) atoms. The normalized spacial score (nSPS) is 16.5. The average Bonchev–Trinajstić information content (AvgIpc) is 2.56. The van der Waals surface area contributed by atoms with Crippen LogP contribution in [0.3, 0.4) is 0 Å². The summed E-state index contributed by atoms with van der Waals surface area (Å²) in [5.41, 5.74) is 2.13. The summed E-state index contributed by atoms with van der Waals surface area (Å²) in [6.07, 6.45) is 0.938. The SMILES string of the molecule is Cc1cc(OCC(=O)NC2CCSc3ccccc32)ccc1Cl. The Bertz CT molecular complexity index is 720. The molecule has 0 saturated carbocycles. The largest absolute Gasteiger partial charge is 0.484 e. The Balaban J connectivity index is 1.59. The monoisotopic (exact) mass is 347 g/mol. The van der Waals surface area contributed by atoms with Crippen molar-refractivity contribution in [1.29, 1.82) is 0 Å². The molecule has 1 atom stereocenters. The average molecular weight is 348 g/mol. The van der Waals surface area contributed by atoms with Gasteiger partial charge in [-0.15, -0.1) is 11.8 Å². The Labute approximate surface area is 145 Å². The Hall–Kier alpha value is -1.65. The van der Waals surface area contributed by atoms with Gasteiger partial charge in [-0.1, -0.05) is 29.8 Å². The molecule has 5 heteroatoms. The van der Waals surface area contributed by atoms with Gasteiger partial charge in [0.25, 0.3) is 5.91 Å². The van der Waals surface area contributed by atoms with Gasteiger partial charge < -0.3 is 10.1 Å². The minimum atomic E-state index is -0.107. The lowest BCUT2D eigenvalue weighted by Crippen LogP contribution is -2.34. The summed E-state index contributed by atoms with van der Waals surface area (Å²) in [6, 6.07) is 13.7. The topological polar surface area (TPSA) is 38.3 Å². The van der Waals surface area contributed by atoms with Gasteiger partial charge in [0.1, 0.15) is 5.75 Å². The van der Waals surface area contributed by atoms with Crippen molar-refractivity contribution in [2.24, 2.45) is 0 Å². The number of ether oxygens (including phenoxy) is 1. The molecular weight excluding hydrogens is 330 g/mol. The number of rotatable bonds is 4. The van der Waals surface area contributed by atoms with Crippen LogP contribution < -0.4 is 10.1 Å². The van der Waals surface area contributed by atoms with Gasteiger partial charge >= 0.3 is 0 Å². The van der Waals surface area contributed by atoms with Crippen molar-refractivity contribution < 1.29 is 9.53 Å². The van der Waals surface area contributed by atoms with Crippen molar-refractivity contribution in [2.75, 3.05) is 12.4 Å². The third kappa shape index (κ3) is 4.01. The number of aryl methyl sites for hydroxylation is 1.